The van der Waals surface area contributed by atoms with Crippen molar-refractivity contribution in [2.24, 2.45) is 0 Å². The van der Waals surface area contributed by atoms with Gasteiger partial charge in [0.15, 0.2) is 0 Å². The summed E-state index contributed by atoms with van der Waals surface area (Å²) in [5, 5.41) is 8.68. The van der Waals surface area contributed by atoms with E-state index in [9.17, 15) is 4.57 Å². The minimum atomic E-state index is -3.20. The molecule has 0 radical (unpaired) electrons. The van der Waals surface area contributed by atoms with Crippen LogP contribution >= 0.6 is 7.60 Å². The molecule has 0 unspecified atom stereocenters. The fourth-order valence-electron chi connectivity index (χ4n) is 2.13. The van der Waals surface area contributed by atoms with Crippen molar-refractivity contribution in [2.45, 2.75) is 38.8 Å². The van der Waals surface area contributed by atoms with Crippen LogP contribution in [0.5, 0.6) is 0 Å². The normalized spacial score (nSPS) is 12.8. The van der Waals surface area contributed by atoms with Crippen molar-refractivity contribution in [1.29, 1.82) is 5.26 Å². The van der Waals surface area contributed by atoms with Gasteiger partial charge in [-0.05, 0) is 32.3 Å². The van der Waals surface area contributed by atoms with Crippen LogP contribution in [0.2, 0.25) is 0 Å². The zero-order chi connectivity index (χ0) is 14.8. The molecule has 0 aliphatic heterocycles. The highest BCUT2D eigenvalue weighted by Gasteiger charge is 2.36. The van der Waals surface area contributed by atoms with Crippen molar-refractivity contribution in [3.63, 3.8) is 0 Å². The Morgan fingerprint density at radius 3 is 2.30 bits per heavy atom. The topological polar surface area (TPSA) is 59.3 Å². The summed E-state index contributed by atoms with van der Waals surface area (Å²) in [4.78, 5) is 0. The van der Waals surface area contributed by atoms with Crippen molar-refractivity contribution in [2.75, 3.05) is 13.2 Å². The lowest BCUT2D eigenvalue weighted by atomic mass is 10.1. The van der Waals surface area contributed by atoms with Crippen molar-refractivity contribution >= 4 is 7.60 Å². The summed E-state index contributed by atoms with van der Waals surface area (Å²) in [6, 6.07) is 11.7. The lowest BCUT2D eigenvalue weighted by Gasteiger charge is -2.26. The molecule has 110 valence electrons. The molecule has 0 N–H and O–H groups in total. The summed E-state index contributed by atoms with van der Waals surface area (Å²) >= 11 is 0. The Hall–Kier alpha value is -1.14. The lowest BCUT2D eigenvalue weighted by molar-refractivity contribution is 0.210. The summed E-state index contributed by atoms with van der Waals surface area (Å²) in [6.45, 7) is 4.31. The van der Waals surface area contributed by atoms with Gasteiger partial charge in [-0.2, -0.15) is 5.26 Å². The third-order valence-electron chi connectivity index (χ3n) is 2.95. The second kappa shape index (κ2) is 8.92. The van der Waals surface area contributed by atoms with Gasteiger partial charge in [0.1, 0.15) is 0 Å². The molecule has 1 rings (SSSR count). The van der Waals surface area contributed by atoms with Crippen LogP contribution < -0.4 is 0 Å². The van der Waals surface area contributed by atoms with Crippen LogP contribution in [0.4, 0.5) is 0 Å². The van der Waals surface area contributed by atoms with Crippen molar-refractivity contribution in [3.8, 4) is 6.07 Å². The average molecular weight is 295 g/mol. The number of unbranched alkanes of at least 4 members (excludes halogenated alkanes) is 1. The Morgan fingerprint density at radius 2 is 1.80 bits per heavy atom. The quantitative estimate of drug-likeness (QED) is 0.490. The number of hydrogen-bond donors (Lipinski definition) is 0. The van der Waals surface area contributed by atoms with Gasteiger partial charge in [-0.15, -0.1) is 0 Å². The van der Waals surface area contributed by atoms with Gasteiger partial charge >= 0.3 is 7.60 Å². The highest BCUT2D eigenvalue weighted by molar-refractivity contribution is 7.54. The number of hydrogen-bond acceptors (Lipinski definition) is 4. The minimum absolute atomic E-state index is 0.308. The van der Waals surface area contributed by atoms with Gasteiger partial charge in [0.25, 0.3) is 0 Å². The predicted molar refractivity (Wildman–Crippen MR) is 79.5 cm³/mol. The maximum Gasteiger partial charge on any atom is 0.338 e. The summed E-state index contributed by atoms with van der Waals surface area (Å²) in [5.74, 6) is 0. The Balaban J connectivity index is 3.01. The molecule has 4 nitrogen and oxygen atoms in total. The number of nitrogens with zero attached hydrogens (tertiary/aromatic N) is 1. The van der Waals surface area contributed by atoms with E-state index in [1.807, 2.05) is 44.2 Å². The van der Waals surface area contributed by atoms with Gasteiger partial charge in [0.2, 0.25) is 0 Å². The molecule has 0 aliphatic carbocycles. The summed E-state index contributed by atoms with van der Waals surface area (Å²) in [6.07, 6.45) is 1.75. The third kappa shape index (κ3) is 4.76. The highest BCUT2D eigenvalue weighted by Crippen LogP contribution is 2.62. The van der Waals surface area contributed by atoms with E-state index in [-0.39, 0.29) is 5.66 Å². The zero-order valence-electron chi connectivity index (χ0n) is 12.1. The average Bonchev–Trinajstić information content (AvgIpc) is 2.45. The molecule has 0 spiro atoms. The molecule has 0 fully saturated rings. The molecule has 1 atom stereocenters. The van der Waals surface area contributed by atoms with Crippen molar-refractivity contribution < 1.29 is 13.6 Å². The van der Waals surface area contributed by atoms with E-state index in [1.54, 1.807) is 0 Å². The van der Waals surface area contributed by atoms with Gasteiger partial charge in [-0.25, -0.2) is 0 Å². The number of nitriles is 1. The molecular formula is C15H22NO3P. The fourth-order valence-corrected chi connectivity index (χ4v) is 4.32. The highest BCUT2D eigenvalue weighted by atomic mass is 31.2. The number of rotatable bonds is 9. The van der Waals surface area contributed by atoms with Crippen molar-refractivity contribution in [3.05, 3.63) is 35.9 Å². The summed E-state index contributed by atoms with van der Waals surface area (Å²) in [5.41, 5.74) is 0.632. The first-order valence-corrected chi connectivity index (χ1v) is 8.59. The van der Waals surface area contributed by atoms with Crippen LogP contribution in [0, 0.1) is 11.3 Å². The molecule has 5 heteroatoms. The standard InChI is InChI=1S/C15H22NO3P/c1-3-18-20(17,19-4-2)15(12-8-9-13-16)14-10-6-5-7-11-14/h5-7,10-11,15H,3-4,8-9,12H2,1-2H3/t15-/m1/s1. The van der Waals surface area contributed by atoms with Crippen molar-refractivity contribution in [1.82, 2.24) is 0 Å². The lowest BCUT2D eigenvalue weighted by Crippen LogP contribution is -2.07. The van der Waals surface area contributed by atoms with Crippen LogP contribution in [0.15, 0.2) is 30.3 Å². The van der Waals surface area contributed by atoms with E-state index >= 15 is 0 Å². The molecular weight excluding hydrogens is 273 g/mol. The minimum Gasteiger partial charge on any atom is -0.308 e. The summed E-state index contributed by atoms with van der Waals surface area (Å²) < 4.78 is 23.9. The monoisotopic (exact) mass is 295 g/mol. The van der Waals surface area contributed by atoms with Gasteiger partial charge in [0.05, 0.1) is 24.9 Å². The maximum atomic E-state index is 13.0. The van der Waals surface area contributed by atoms with Crippen LogP contribution in [0.3, 0.4) is 0 Å². The number of benzene rings is 1. The van der Waals surface area contributed by atoms with Gasteiger partial charge < -0.3 is 9.05 Å². The fraction of sp³-hybridized carbons (Fsp3) is 0.533. The first-order valence-electron chi connectivity index (χ1n) is 6.98. The molecule has 20 heavy (non-hydrogen) atoms. The van der Waals surface area contributed by atoms with E-state index in [0.717, 1.165) is 5.56 Å². The van der Waals surface area contributed by atoms with Crippen LogP contribution in [0.1, 0.15) is 44.3 Å². The smallest absolute Gasteiger partial charge is 0.308 e. The largest absolute Gasteiger partial charge is 0.338 e. The molecule has 1 aromatic rings. The molecule has 0 saturated carbocycles. The van der Waals surface area contributed by atoms with Crippen LogP contribution in [-0.2, 0) is 13.6 Å². The Morgan fingerprint density at radius 1 is 1.20 bits per heavy atom. The Bertz CT molecular complexity index is 460. The van der Waals surface area contributed by atoms with Gasteiger partial charge in [0, 0.05) is 6.42 Å². The molecule has 0 amide bonds. The Kier molecular flexibility index (Phi) is 7.54. The van der Waals surface area contributed by atoms with Gasteiger partial charge in [-0.1, -0.05) is 30.3 Å². The van der Waals surface area contributed by atoms with E-state index in [0.29, 0.717) is 32.5 Å². The zero-order valence-corrected chi connectivity index (χ0v) is 13.0. The summed E-state index contributed by atoms with van der Waals surface area (Å²) in [7, 11) is -3.20. The molecule has 0 bridgehead atoms. The van der Waals surface area contributed by atoms with E-state index in [1.165, 1.54) is 0 Å². The van der Waals surface area contributed by atoms with E-state index in [4.69, 9.17) is 14.3 Å². The van der Waals surface area contributed by atoms with E-state index in [2.05, 4.69) is 6.07 Å². The molecule has 0 heterocycles. The molecule has 1 aromatic carbocycles. The predicted octanol–water partition coefficient (Wildman–Crippen LogP) is 4.69. The Labute approximate surface area is 121 Å². The maximum absolute atomic E-state index is 13.0. The second-order valence-corrected chi connectivity index (χ2v) is 6.57. The SMILES string of the molecule is CCOP(=O)(OCC)[C@H](CCCC#N)c1ccccc1. The molecule has 0 saturated heterocycles. The first-order chi connectivity index (χ1) is 9.68. The third-order valence-corrected chi connectivity index (χ3v) is 5.51. The first kappa shape index (κ1) is 16.9. The second-order valence-electron chi connectivity index (χ2n) is 4.35. The van der Waals surface area contributed by atoms with Crippen LogP contribution in [0.25, 0.3) is 0 Å². The van der Waals surface area contributed by atoms with E-state index < -0.39 is 7.60 Å². The van der Waals surface area contributed by atoms with Crippen LogP contribution in [-0.4, -0.2) is 13.2 Å². The molecule has 0 aliphatic rings. The van der Waals surface area contributed by atoms with Gasteiger partial charge in [-0.3, -0.25) is 4.57 Å². The molecule has 0 aromatic heterocycles.